The largest absolute Gasteiger partial charge is 0.368 e. The Labute approximate surface area is 111 Å². The molecule has 1 N–H and O–H groups in total. The average Bonchev–Trinajstić information content (AvgIpc) is 2.82. The zero-order chi connectivity index (χ0) is 13.2. The summed E-state index contributed by atoms with van der Waals surface area (Å²) in [5, 5.41) is 3.17. The number of nitrogens with one attached hydrogen (secondary N) is 1. The minimum Gasteiger partial charge on any atom is -0.368 e. The fourth-order valence-corrected chi connectivity index (χ4v) is 3.18. The Hall–Kier alpha value is -0.570. The Balaban J connectivity index is 1.75. The second-order valence-electron chi connectivity index (χ2n) is 6.92. The Morgan fingerprint density at radius 2 is 1.78 bits per heavy atom. The summed E-state index contributed by atoms with van der Waals surface area (Å²) >= 11 is 0. The summed E-state index contributed by atoms with van der Waals surface area (Å²) in [4.78, 5) is 12.0. The molecular weight excluding hydrogens is 226 g/mol. The third kappa shape index (κ3) is 3.47. The molecule has 0 aromatic carbocycles. The van der Waals surface area contributed by atoms with Gasteiger partial charge in [-0.15, -0.1) is 0 Å². The van der Waals surface area contributed by atoms with E-state index in [1.54, 1.807) is 0 Å². The van der Waals surface area contributed by atoms with Crippen LogP contribution in [-0.2, 0) is 9.53 Å². The monoisotopic (exact) mass is 253 g/mol. The van der Waals surface area contributed by atoms with E-state index in [4.69, 9.17) is 4.74 Å². The molecule has 0 aromatic rings. The predicted octanol–water partition coefficient (Wildman–Crippen LogP) is 2.89. The maximum Gasteiger partial charge on any atom is 0.249 e. The van der Waals surface area contributed by atoms with Crippen LogP contribution in [0.1, 0.15) is 59.3 Å². The summed E-state index contributed by atoms with van der Waals surface area (Å²) in [6.45, 7) is 7.71. The van der Waals surface area contributed by atoms with Gasteiger partial charge in [-0.2, -0.15) is 0 Å². The van der Waals surface area contributed by atoms with Crippen molar-refractivity contribution in [3.63, 3.8) is 0 Å². The van der Waals surface area contributed by atoms with Crippen molar-refractivity contribution in [2.75, 3.05) is 6.61 Å². The van der Waals surface area contributed by atoms with Gasteiger partial charge in [-0.25, -0.2) is 0 Å². The first-order valence-corrected chi connectivity index (χ1v) is 7.39. The van der Waals surface area contributed by atoms with E-state index in [-0.39, 0.29) is 12.0 Å². The van der Waals surface area contributed by atoms with Crippen molar-refractivity contribution in [1.29, 1.82) is 0 Å². The van der Waals surface area contributed by atoms with Crippen LogP contribution in [0.25, 0.3) is 0 Å². The molecule has 0 radical (unpaired) electrons. The molecule has 1 heterocycles. The van der Waals surface area contributed by atoms with E-state index < -0.39 is 0 Å². The van der Waals surface area contributed by atoms with Gasteiger partial charge >= 0.3 is 0 Å². The fourth-order valence-electron chi connectivity index (χ4n) is 3.18. The molecule has 2 fully saturated rings. The molecule has 1 saturated heterocycles. The third-order valence-corrected chi connectivity index (χ3v) is 4.52. The summed E-state index contributed by atoms with van der Waals surface area (Å²) in [7, 11) is 0. The van der Waals surface area contributed by atoms with Gasteiger partial charge in [-0.1, -0.05) is 20.8 Å². The SMILES string of the molecule is CC(C)(C)C1CCC(NC(=O)[C@@H]2CCCO2)CC1. The number of ether oxygens (including phenoxy) is 1. The van der Waals surface area contributed by atoms with Crippen LogP contribution in [0.2, 0.25) is 0 Å². The zero-order valence-corrected chi connectivity index (χ0v) is 12.0. The van der Waals surface area contributed by atoms with Gasteiger partial charge in [0.2, 0.25) is 5.91 Å². The van der Waals surface area contributed by atoms with Crippen molar-refractivity contribution in [3.05, 3.63) is 0 Å². The highest BCUT2D eigenvalue weighted by Crippen LogP contribution is 2.37. The highest BCUT2D eigenvalue weighted by atomic mass is 16.5. The molecule has 0 bridgehead atoms. The minimum atomic E-state index is -0.176. The van der Waals surface area contributed by atoms with E-state index in [2.05, 4.69) is 26.1 Å². The number of hydrogen-bond donors (Lipinski definition) is 1. The molecule has 0 unspecified atom stereocenters. The normalized spacial score (nSPS) is 33.4. The van der Waals surface area contributed by atoms with Crippen LogP contribution in [-0.4, -0.2) is 24.7 Å². The van der Waals surface area contributed by atoms with Gasteiger partial charge in [0.05, 0.1) is 0 Å². The quantitative estimate of drug-likeness (QED) is 0.821. The lowest BCUT2D eigenvalue weighted by Crippen LogP contribution is -2.43. The highest BCUT2D eigenvalue weighted by Gasteiger charge is 2.31. The van der Waals surface area contributed by atoms with E-state index in [0.717, 1.165) is 38.2 Å². The minimum absolute atomic E-state index is 0.117. The second kappa shape index (κ2) is 5.60. The van der Waals surface area contributed by atoms with Crippen LogP contribution in [0.3, 0.4) is 0 Å². The Kier molecular flexibility index (Phi) is 4.31. The van der Waals surface area contributed by atoms with Crippen molar-refractivity contribution >= 4 is 5.91 Å². The smallest absolute Gasteiger partial charge is 0.249 e. The number of carbonyl (C=O) groups is 1. The second-order valence-corrected chi connectivity index (χ2v) is 6.92. The molecule has 18 heavy (non-hydrogen) atoms. The Bertz CT molecular complexity index is 281. The van der Waals surface area contributed by atoms with E-state index >= 15 is 0 Å². The third-order valence-electron chi connectivity index (χ3n) is 4.52. The molecule has 1 aliphatic carbocycles. The average molecular weight is 253 g/mol. The van der Waals surface area contributed by atoms with Gasteiger partial charge < -0.3 is 10.1 Å². The maximum atomic E-state index is 12.0. The van der Waals surface area contributed by atoms with Crippen molar-refractivity contribution in [2.45, 2.75) is 71.4 Å². The first-order chi connectivity index (χ1) is 8.47. The molecular formula is C15H27NO2. The maximum absolute atomic E-state index is 12.0. The number of hydrogen-bond acceptors (Lipinski definition) is 2. The molecule has 0 spiro atoms. The van der Waals surface area contributed by atoms with Crippen LogP contribution in [0, 0.1) is 11.3 Å². The number of rotatable bonds is 2. The predicted molar refractivity (Wildman–Crippen MR) is 72.3 cm³/mol. The molecule has 1 saturated carbocycles. The van der Waals surface area contributed by atoms with Crippen LogP contribution >= 0.6 is 0 Å². The van der Waals surface area contributed by atoms with E-state index in [1.807, 2.05) is 0 Å². The summed E-state index contributed by atoms with van der Waals surface area (Å²) in [5.41, 5.74) is 0.406. The molecule has 2 rings (SSSR count). The first kappa shape index (κ1) is 13.9. The summed E-state index contributed by atoms with van der Waals surface area (Å²) in [6.07, 6.45) is 6.46. The van der Waals surface area contributed by atoms with Crippen molar-refractivity contribution in [2.24, 2.45) is 11.3 Å². The van der Waals surface area contributed by atoms with Gasteiger partial charge in [-0.3, -0.25) is 4.79 Å². The summed E-state index contributed by atoms with van der Waals surface area (Å²) < 4.78 is 5.42. The lowest BCUT2D eigenvalue weighted by molar-refractivity contribution is -0.131. The van der Waals surface area contributed by atoms with E-state index in [9.17, 15) is 4.79 Å². The topological polar surface area (TPSA) is 38.3 Å². The van der Waals surface area contributed by atoms with Gasteiger partial charge in [0.25, 0.3) is 0 Å². The van der Waals surface area contributed by atoms with Crippen LogP contribution in [0.4, 0.5) is 0 Å². The summed E-state index contributed by atoms with van der Waals surface area (Å²) in [5.74, 6) is 0.917. The summed E-state index contributed by atoms with van der Waals surface area (Å²) in [6, 6.07) is 0.375. The number of amides is 1. The van der Waals surface area contributed by atoms with Crippen LogP contribution in [0.15, 0.2) is 0 Å². The molecule has 1 atom stereocenters. The molecule has 2 aliphatic rings. The fraction of sp³-hybridized carbons (Fsp3) is 0.933. The van der Waals surface area contributed by atoms with Gasteiger partial charge in [0, 0.05) is 12.6 Å². The lowest BCUT2D eigenvalue weighted by Gasteiger charge is -2.37. The molecule has 3 nitrogen and oxygen atoms in total. The van der Waals surface area contributed by atoms with Gasteiger partial charge in [0.15, 0.2) is 0 Å². The van der Waals surface area contributed by atoms with Gasteiger partial charge in [-0.05, 0) is 49.9 Å². The molecule has 3 heteroatoms. The molecule has 1 aliphatic heterocycles. The Morgan fingerprint density at radius 1 is 1.11 bits per heavy atom. The van der Waals surface area contributed by atoms with Crippen LogP contribution < -0.4 is 5.32 Å². The van der Waals surface area contributed by atoms with Crippen LogP contribution in [0.5, 0.6) is 0 Å². The molecule has 104 valence electrons. The zero-order valence-electron chi connectivity index (χ0n) is 12.0. The van der Waals surface area contributed by atoms with E-state index in [0.29, 0.717) is 11.5 Å². The van der Waals surface area contributed by atoms with E-state index in [1.165, 1.54) is 12.8 Å². The van der Waals surface area contributed by atoms with Crippen molar-refractivity contribution < 1.29 is 9.53 Å². The molecule has 1 amide bonds. The highest BCUT2D eigenvalue weighted by molar-refractivity contribution is 5.81. The van der Waals surface area contributed by atoms with Gasteiger partial charge in [0.1, 0.15) is 6.10 Å². The standard InChI is InChI=1S/C15H27NO2/c1-15(2,3)11-6-8-12(9-7-11)16-14(17)13-5-4-10-18-13/h11-13H,4-10H2,1-3H3,(H,16,17)/t11?,12?,13-/m0/s1. The van der Waals surface area contributed by atoms with Crippen molar-refractivity contribution in [3.8, 4) is 0 Å². The Morgan fingerprint density at radius 3 is 2.28 bits per heavy atom. The number of carbonyl (C=O) groups excluding carboxylic acids is 1. The molecule has 0 aromatic heterocycles. The lowest BCUT2D eigenvalue weighted by atomic mass is 9.71. The van der Waals surface area contributed by atoms with Crippen molar-refractivity contribution in [1.82, 2.24) is 5.32 Å². The first-order valence-electron chi connectivity index (χ1n) is 7.39.